The molecule has 0 bridgehead atoms. The normalized spacial score (nSPS) is 10.5. The van der Waals surface area contributed by atoms with E-state index in [0.29, 0.717) is 15.9 Å². The third-order valence-corrected chi connectivity index (χ3v) is 4.02. The van der Waals surface area contributed by atoms with Gasteiger partial charge in [-0.15, -0.1) is 10.2 Å². The molecular formula is C14H12N4O3S. The van der Waals surface area contributed by atoms with Gasteiger partial charge in [-0.2, -0.15) is 0 Å². The minimum Gasteiger partial charge on any atom is -0.496 e. The number of aromatic nitrogens is 3. The Hall–Kier alpha value is -2.74. The first-order valence-electron chi connectivity index (χ1n) is 6.36. The summed E-state index contributed by atoms with van der Waals surface area (Å²) in [6, 6.07) is 9.01. The Bertz CT molecular complexity index is 785. The number of benzene rings is 1. The number of methoxy groups -OCH3 is 1. The van der Waals surface area contributed by atoms with E-state index in [2.05, 4.69) is 15.4 Å². The quantitative estimate of drug-likeness (QED) is 0.735. The fourth-order valence-electron chi connectivity index (χ4n) is 1.86. The number of amides is 1. The topological polar surface area (TPSA) is 81.4 Å². The van der Waals surface area contributed by atoms with Gasteiger partial charge in [0.25, 0.3) is 5.91 Å². The fraction of sp³-hybridized carbons (Fsp3) is 0.143. The van der Waals surface area contributed by atoms with E-state index >= 15 is 0 Å². The average Bonchev–Trinajstić information content (AvgIpc) is 3.24. The first-order chi connectivity index (χ1) is 10.7. The summed E-state index contributed by atoms with van der Waals surface area (Å²) in [4.78, 5) is 13.6. The minimum atomic E-state index is -0.333. The van der Waals surface area contributed by atoms with Crippen LogP contribution < -0.4 is 9.64 Å². The highest BCUT2D eigenvalue weighted by atomic mass is 32.1. The first-order valence-corrected chi connectivity index (χ1v) is 7.18. The zero-order valence-electron chi connectivity index (χ0n) is 11.9. The summed E-state index contributed by atoms with van der Waals surface area (Å²) < 4.78 is 10.2. The third kappa shape index (κ3) is 2.56. The van der Waals surface area contributed by atoms with Gasteiger partial charge in [-0.3, -0.25) is 9.69 Å². The summed E-state index contributed by atoms with van der Waals surface area (Å²) in [5.41, 5.74) is 0.828. The molecule has 0 radical (unpaired) electrons. The Morgan fingerprint density at radius 3 is 2.82 bits per heavy atom. The SMILES string of the molecule is COc1ccccc1-c1nnc(N(C)C(=O)c2ccno2)s1. The van der Waals surface area contributed by atoms with Crippen molar-refractivity contribution in [1.82, 2.24) is 15.4 Å². The van der Waals surface area contributed by atoms with Gasteiger partial charge in [-0.05, 0) is 12.1 Å². The highest BCUT2D eigenvalue weighted by Gasteiger charge is 2.21. The maximum atomic E-state index is 12.2. The van der Waals surface area contributed by atoms with Crippen molar-refractivity contribution in [3.63, 3.8) is 0 Å². The van der Waals surface area contributed by atoms with E-state index in [1.807, 2.05) is 24.3 Å². The molecule has 8 heteroatoms. The molecule has 3 rings (SSSR count). The van der Waals surface area contributed by atoms with Gasteiger partial charge in [0.05, 0.1) is 18.9 Å². The maximum Gasteiger partial charge on any atom is 0.298 e. The lowest BCUT2D eigenvalue weighted by Gasteiger charge is -2.10. The molecule has 2 heterocycles. The molecule has 0 atom stereocenters. The lowest BCUT2D eigenvalue weighted by atomic mass is 10.2. The van der Waals surface area contributed by atoms with Gasteiger partial charge < -0.3 is 9.26 Å². The molecule has 0 unspecified atom stereocenters. The molecule has 0 N–H and O–H groups in total. The van der Waals surface area contributed by atoms with Crippen molar-refractivity contribution in [3.05, 3.63) is 42.3 Å². The number of hydrogen-bond donors (Lipinski definition) is 0. The van der Waals surface area contributed by atoms with Crippen molar-refractivity contribution in [2.24, 2.45) is 0 Å². The average molecular weight is 316 g/mol. The van der Waals surface area contributed by atoms with Crippen LogP contribution in [0.3, 0.4) is 0 Å². The van der Waals surface area contributed by atoms with Crippen LogP contribution in [0.4, 0.5) is 5.13 Å². The van der Waals surface area contributed by atoms with E-state index in [1.54, 1.807) is 14.2 Å². The molecule has 3 aromatic rings. The molecule has 0 aliphatic heterocycles. The minimum absolute atomic E-state index is 0.150. The van der Waals surface area contributed by atoms with Gasteiger partial charge in [0.2, 0.25) is 10.9 Å². The van der Waals surface area contributed by atoms with Crippen molar-refractivity contribution in [3.8, 4) is 16.3 Å². The van der Waals surface area contributed by atoms with Crippen molar-refractivity contribution >= 4 is 22.4 Å². The first kappa shape index (κ1) is 14.2. The van der Waals surface area contributed by atoms with Crippen molar-refractivity contribution in [1.29, 1.82) is 0 Å². The number of carbonyl (C=O) groups excluding carboxylic acids is 1. The van der Waals surface area contributed by atoms with Gasteiger partial charge in [0, 0.05) is 13.1 Å². The highest BCUT2D eigenvalue weighted by Crippen LogP contribution is 2.34. The van der Waals surface area contributed by atoms with E-state index in [-0.39, 0.29) is 11.7 Å². The predicted octanol–water partition coefficient (Wildman–Crippen LogP) is 2.48. The van der Waals surface area contributed by atoms with Gasteiger partial charge >= 0.3 is 0 Å². The maximum absolute atomic E-state index is 12.2. The Labute approximate surface area is 130 Å². The largest absolute Gasteiger partial charge is 0.496 e. The number of rotatable bonds is 4. The van der Waals surface area contributed by atoms with Crippen LogP contribution in [-0.4, -0.2) is 35.4 Å². The van der Waals surface area contributed by atoms with Crippen molar-refractivity contribution in [2.45, 2.75) is 0 Å². The molecule has 0 aliphatic rings. The van der Waals surface area contributed by atoms with Crippen LogP contribution >= 0.6 is 11.3 Å². The Balaban J connectivity index is 1.89. The van der Waals surface area contributed by atoms with E-state index in [4.69, 9.17) is 9.26 Å². The highest BCUT2D eigenvalue weighted by molar-refractivity contribution is 7.18. The summed E-state index contributed by atoms with van der Waals surface area (Å²) in [6.45, 7) is 0. The van der Waals surface area contributed by atoms with Crippen LogP contribution in [0.15, 0.2) is 41.1 Å². The van der Waals surface area contributed by atoms with Gasteiger partial charge in [0.15, 0.2) is 5.01 Å². The van der Waals surface area contributed by atoms with E-state index < -0.39 is 0 Å². The summed E-state index contributed by atoms with van der Waals surface area (Å²) in [6.07, 6.45) is 1.42. The molecular weight excluding hydrogens is 304 g/mol. The number of anilines is 1. The molecule has 0 aliphatic carbocycles. The molecule has 2 aromatic heterocycles. The molecule has 0 spiro atoms. The van der Waals surface area contributed by atoms with E-state index in [1.165, 1.54) is 28.5 Å². The summed E-state index contributed by atoms with van der Waals surface area (Å²) in [5, 5.41) is 12.8. The molecule has 1 aromatic carbocycles. The van der Waals surface area contributed by atoms with E-state index in [9.17, 15) is 4.79 Å². The van der Waals surface area contributed by atoms with Crippen molar-refractivity contribution in [2.75, 3.05) is 19.1 Å². The van der Waals surface area contributed by atoms with Gasteiger partial charge in [-0.1, -0.05) is 28.6 Å². The second-order valence-electron chi connectivity index (χ2n) is 4.33. The standard InChI is InChI=1S/C14H12N4O3S/c1-18(13(19)11-7-8-15-21-11)14-17-16-12(22-14)9-5-3-4-6-10(9)20-2/h3-8H,1-2H3. The smallest absolute Gasteiger partial charge is 0.298 e. The molecule has 0 saturated carbocycles. The third-order valence-electron chi connectivity index (χ3n) is 2.99. The molecule has 112 valence electrons. The lowest BCUT2D eigenvalue weighted by Crippen LogP contribution is -2.25. The number of carbonyl (C=O) groups is 1. The molecule has 22 heavy (non-hydrogen) atoms. The number of ether oxygens (including phenoxy) is 1. The Morgan fingerprint density at radius 2 is 2.09 bits per heavy atom. The predicted molar refractivity (Wildman–Crippen MR) is 81.1 cm³/mol. The molecule has 0 fully saturated rings. The Morgan fingerprint density at radius 1 is 1.27 bits per heavy atom. The summed E-state index contributed by atoms with van der Waals surface area (Å²) in [5.74, 6) is 0.520. The van der Waals surface area contributed by atoms with Gasteiger partial charge in [-0.25, -0.2) is 0 Å². The fourth-order valence-corrected chi connectivity index (χ4v) is 2.69. The zero-order valence-corrected chi connectivity index (χ0v) is 12.7. The zero-order chi connectivity index (χ0) is 15.5. The van der Waals surface area contributed by atoms with Crippen LogP contribution in [-0.2, 0) is 0 Å². The van der Waals surface area contributed by atoms with Crippen molar-refractivity contribution < 1.29 is 14.1 Å². The summed E-state index contributed by atoms with van der Waals surface area (Å²) in [7, 11) is 3.21. The number of para-hydroxylation sites is 1. The van der Waals surface area contributed by atoms with Crippen LogP contribution in [0.5, 0.6) is 5.75 Å². The molecule has 7 nitrogen and oxygen atoms in total. The van der Waals surface area contributed by atoms with Crippen LogP contribution in [0.1, 0.15) is 10.6 Å². The van der Waals surface area contributed by atoms with Gasteiger partial charge in [0.1, 0.15) is 5.75 Å². The van der Waals surface area contributed by atoms with E-state index in [0.717, 1.165) is 5.56 Å². The van der Waals surface area contributed by atoms with Crippen LogP contribution in [0.25, 0.3) is 10.6 Å². The van der Waals surface area contributed by atoms with Crippen LogP contribution in [0.2, 0.25) is 0 Å². The lowest BCUT2D eigenvalue weighted by molar-refractivity contribution is 0.0957. The molecule has 0 saturated heterocycles. The Kier molecular flexibility index (Phi) is 3.84. The second-order valence-corrected chi connectivity index (χ2v) is 5.29. The second kappa shape index (κ2) is 5.94. The number of nitrogens with zero attached hydrogens (tertiary/aromatic N) is 4. The van der Waals surface area contributed by atoms with Crippen LogP contribution in [0, 0.1) is 0 Å². The molecule has 1 amide bonds. The number of hydrogen-bond acceptors (Lipinski definition) is 7. The summed E-state index contributed by atoms with van der Waals surface area (Å²) >= 11 is 1.29. The monoisotopic (exact) mass is 316 g/mol.